The predicted octanol–water partition coefficient (Wildman–Crippen LogP) is 6.68. The van der Waals surface area contributed by atoms with E-state index in [9.17, 15) is 5.21 Å². The second-order valence-corrected chi connectivity index (χ2v) is 14.4. The Balaban J connectivity index is 1.36. The van der Waals surface area contributed by atoms with E-state index in [1.54, 1.807) is 7.11 Å². The lowest BCUT2D eigenvalue weighted by Crippen LogP contribution is -2.45. The minimum Gasteiger partial charge on any atom is -0.493 e. The Labute approximate surface area is 246 Å². The van der Waals surface area contributed by atoms with Crippen molar-refractivity contribution < 1.29 is 19.1 Å². The number of hydrogen-bond acceptors (Lipinski definition) is 7. The van der Waals surface area contributed by atoms with E-state index in [4.69, 9.17) is 18.9 Å². The molecule has 0 unspecified atom stereocenters. The fourth-order valence-corrected chi connectivity index (χ4v) is 6.31. The molecule has 0 bridgehead atoms. The Hall–Kier alpha value is -3.20. The van der Waals surface area contributed by atoms with Gasteiger partial charge in [0, 0.05) is 31.7 Å². The molecule has 216 valence electrons. The van der Waals surface area contributed by atoms with Gasteiger partial charge in [-0.3, -0.25) is 9.88 Å². The lowest BCUT2D eigenvalue weighted by Gasteiger charge is -2.44. The number of benzene rings is 2. The van der Waals surface area contributed by atoms with Crippen molar-refractivity contribution >= 4 is 15.5 Å². The molecule has 3 heterocycles. The molecule has 1 N–H and O–H groups in total. The molecule has 2 atom stereocenters. The molecule has 5 rings (SSSR count). The molecule has 0 spiro atoms. The van der Waals surface area contributed by atoms with Crippen molar-refractivity contribution in [2.75, 3.05) is 20.2 Å². The van der Waals surface area contributed by atoms with Crippen LogP contribution in [0.2, 0.25) is 5.04 Å². The van der Waals surface area contributed by atoms with Crippen LogP contribution < -0.4 is 9.47 Å². The van der Waals surface area contributed by atoms with Crippen LogP contribution in [0.15, 0.2) is 65.9 Å². The normalized spacial score (nSPS) is 20.4. The van der Waals surface area contributed by atoms with E-state index in [1.165, 1.54) is 11.1 Å². The molecule has 1 saturated heterocycles. The Morgan fingerprint density at radius 3 is 2.54 bits per heavy atom. The number of oxime groups is 1. The van der Waals surface area contributed by atoms with E-state index in [2.05, 4.69) is 75.0 Å². The van der Waals surface area contributed by atoms with Crippen LogP contribution in [0.25, 0.3) is 0 Å². The van der Waals surface area contributed by atoms with E-state index in [0.717, 1.165) is 53.5 Å². The fraction of sp³-hybridized carbons (Fsp3) is 0.455. The van der Waals surface area contributed by atoms with E-state index in [0.29, 0.717) is 22.8 Å². The first kappa shape index (κ1) is 29.3. The lowest BCUT2D eigenvalue weighted by atomic mass is 9.80. The minimum absolute atomic E-state index is 0.0889. The Bertz CT molecular complexity index is 1390. The van der Waals surface area contributed by atoms with Gasteiger partial charge in [0.1, 0.15) is 6.61 Å². The number of hydrogen-bond donors (Lipinski definition) is 1. The highest BCUT2D eigenvalue weighted by molar-refractivity contribution is 6.31. The average molecular weight is 572 g/mol. The number of ether oxygens (including phenoxy) is 2. The smallest absolute Gasteiger partial charge is 0.236 e. The van der Waals surface area contributed by atoms with Crippen LogP contribution in [0, 0.1) is 0 Å². The molecule has 2 aliphatic heterocycles. The molecule has 7 nitrogen and oxygen atoms in total. The van der Waals surface area contributed by atoms with Crippen molar-refractivity contribution in [2.24, 2.45) is 5.16 Å². The van der Waals surface area contributed by atoms with Gasteiger partial charge in [-0.15, -0.1) is 0 Å². The van der Waals surface area contributed by atoms with Crippen molar-refractivity contribution in [1.82, 2.24) is 9.88 Å². The third-order valence-corrected chi connectivity index (χ3v) is 9.15. The zero-order valence-corrected chi connectivity index (χ0v) is 26.0. The van der Waals surface area contributed by atoms with Crippen molar-refractivity contribution in [3.63, 3.8) is 0 Å². The van der Waals surface area contributed by atoms with Crippen LogP contribution in [0.1, 0.15) is 80.9 Å². The van der Waals surface area contributed by atoms with E-state index in [-0.39, 0.29) is 17.0 Å². The monoisotopic (exact) mass is 571 g/mol. The molecular formula is C33H41N3O4Si. The topological polar surface area (TPSA) is 76.4 Å². The maximum absolute atomic E-state index is 10.2. The summed E-state index contributed by atoms with van der Waals surface area (Å²) in [4.78, 5) is 7.23. The number of aromatic nitrogens is 1. The Morgan fingerprint density at radius 1 is 1.05 bits per heavy atom. The van der Waals surface area contributed by atoms with Gasteiger partial charge in [0.25, 0.3) is 0 Å². The number of methoxy groups -OCH3 is 1. The van der Waals surface area contributed by atoms with Gasteiger partial charge in [0.15, 0.2) is 11.5 Å². The van der Waals surface area contributed by atoms with E-state index in [1.807, 2.05) is 30.5 Å². The van der Waals surface area contributed by atoms with E-state index >= 15 is 0 Å². The van der Waals surface area contributed by atoms with Gasteiger partial charge in [-0.25, -0.2) is 0 Å². The number of rotatable bonds is 8. The van der Waals surface area contributed by atoms with Crippen molar-refractivity contribution in [3.8, 4) is 11.5 Å². The summed E-state index contributed by atoms with van der Waals surface area (Å²) >= 11 is 0. The van der Waals surface area contributed by atoms with Crippen LogP contribution in [0.5, 0.6) is 11.5 Å². The third-order valence-electron chi connectivity index (χ3n) is 7.93. The molecule has 41 heavy (non-hydrogen) atoms. The van der Waals surface area contributed by atoms with Crippen molar-refractivity contribution in [1.29, 1.82) is 0 Å². The molecule has 2 aliphatic rings. The summed E-state index contributed by atoms with van der Waals surface area (Å²) in [5.74, 6) is 1.39. The van der Waals surface area contributed by atoms with Gasteiger partial charge in [-0.2, -0.15) is 0 Å². The van der Waals surface area contributed by atoms with Gasteiger partial charge >= 0.3 is 0 Å². The molecule has 0 amide bonds. The summed E-state index contributed by atoms with van der Waals surface area (Å²) in [6.45, 7) is 12.9. The zero-order valence-electron chi connectivity index (χ0n) is 25.0. The summed E-state index contributed by atoms with van der Waals surface area (Å²) in [7, 11) is 2.06. The van der Waals surface area contributed by atoms with Gasteiger partial charge in [0.2, 0.25) is 9.76 Å². The number of fused-ring (bicyclic) bond motifs is 3. The van der Waals surface area contributed by atoms with Gasteiger partial charge in [0.05, 0.1) is 30.0 Å². The van der Waals surface area contributed by atoms with Crippen LogP contribution in [0.4, 0.5) is 0 Å². The Kier molecular flexibility index (Phi) is 8.54. The molecule has 0 aliphatic carbocycles. The highest BCUT2D eigenvalue weighted by atomic mass is 28.2. The van der Waals surface area contributed by atoms with Crippen LogP contribution in [-0.4, -0.2) is 50.8 Å². The molecule has 2 radical (unpaired) electrons. The summed E-state index contributed by atoms with van der Waals surface area (Å²) in [5, 5.41) is 14.1. The molecule has 1 fully saturated rings. The average Bonchev–Trinajstić information content (AvgIpc) is 2.98. The number of piperidine rings is 1. The molecule has 8 heteroatoms. The first-order chi connectivity index (χ1) is 19.6. The quantitative estimate of drug-likeness (QED) is 0.185. The van der Waals surface area contributed by atoms with Gasteiger partial charge in [-0.05, 0) is 71.8 Å². The zero-order chi connectivity index (χ0) is 29.2. The number of pyridine rings is 1. The highest BCUT2D eigenvalue weighted by Gasteiger charge is 2.39. The van der Waals surface area contributed by atoms with Gasteiger partial charge < -0.3 is 19.1 Å². The minimum atomic E-state index is -0.446. The lowest BCUT2D eigenvalue weighted by molar-refractivity contribution is 0.109. The van der Waals surface area contributed by atoms with Crippen molar-refractivity contribution in [3.05, 3.63) is 88.7 Å². The first-order valence-corrected chi connectivity index (χ1v) is 15.2. The molecule has 1 aromatic heterocycles. The summed E-state index contributed by atoms with van der Waals surface area (Å²) in [5.41, 5.74) is 5.87. The highest BCUT2D eigenvalue weighted by Crippen LogP contribution is 2.44. The van der Waals surface area contributed by atoms with E-state index < -0.39 is 5.60 Å². The maximum atomic E-state index is 10.2. The second kappa shape index (κ2) is 12.0. The van der Waals surface area contributed by atoms with Crippen LogP contribution >= 0.6 is 0 Å². The van der Waals surface area contributed by atoms with Crippen LogP contribution in [0.3, 0.4) is 0 Å². The van der Waals surface area contributed by atoms with Gasteiger partial charge in [-0.1, -0.05) is 56.3 Å². The summed E-state index contributed by atoms with van der Waals surface area (Å²) < 4.78 is 18.3. The predicted molar refractivity (Wildman–Crippen MR) is 162 cm³/mol. The van der Waals surface area contributed by atoms with Crippen molar-refractivity contribution in [2.45, 2.75) is 76.7 Å². The summed E-state index contributed by atoms with van der Waals surface area (Å²) in [6, 6.07) is 18.6. The fourth-order valence-electron chi connectivity index (χ4n) is 5.63. The second-order valence-electron chi connectivity index (χ2n) is 12.5. The Morgan fingerprint density at radius 2 is 1.83 bits per heavy atom. The third kappa shape index (κ3) is 6.66. The number of nitrogens with zero attached hydrogens (tertiary/aromatic N) is 3. The first-order valence-electron chi connectivity index (χ1n) is 14.3. The molecule has 0 saturated carbocycles. The summed E-state index contributed by atoms with van der Waals surface area (Å²) in [6.07, 6.45) is 3.39. The molecule has 3 aromatic rings. The standard InChI is InChI=1S/C33H41N3O4Si/c1-32(2,3)41-40-33(4,5)24-12-14-34-27(17-24)26-20-36-15-13-23-16-31(39-21-22-10-8-7-9-11-22)30(38-6)18-25(23)29(36)19-28(26)35-37/h7-12,14,16-18,26,29,37H,13,15,19-21H2,1-6H3/t26-,29+/m0/s1. The molecular weight excluding hydrogens is 530 g/mol. The SMILES string of the molecule is COc1cc2c(cc1OCc1ccccc1)CCN1C[C@@H](c3cc(C(C)(C)O[Si]C(C)(C)C)ccn3)C(=NO)C[C@H]21. The molecule has 2 aromatic carbocycles. The largest absolute Gasteiger partial charge is 0.493 e. The van der Waals surface area contributed by atoms with Crippen LogP contribution in [-0.2, 0) is 23.1 Å². The maximum Gasteiger partial charge on any atom is 0.236 e.